The van der Waals surface area contributed by atoms with E-state index >= 15 is 0 Å². The zero-order chi connectivity index (χ0) is 13.1. The van der Waals surface area contributed by atoms with Crippen molar-refractivity contribution in [3.05, 3.63) is 28.8 Å². The molecule has 0 aromatic heterocycles. The number of carbonyl (C=O) groups excluding carboxylic acids is 1. The summed E-state index contributed by atoms with van der Waals surface area (Å²) in [4.78, 5) is 11.1. The molecule has 0 radical (unpaired) electrons. The molecule has 1 aromatic carbocycles. The highest BCUT2D eigenvalue weighted by Gasteiger charge is 2.26. The van der Waals surface area contributed by atoms with Crippen molar-refractivity contribution in [3.63, 3.8) is 0 Å². The number of nitrogens with two attached hydrogens (primary N) is 1. The standard InChI is InChI=1S/C12H16ClN3O2/c1-18-11-6-15-5-10(11)16-7-2-3-8(12(14)17)9(13)4-7/h2-4,10-11,15-16H,5-6H2,1H3,(H2,14,17)/t10?,11-/m0/s1. The van der Waals surface area contributed by atoms with E-state index in [1.165, 1.54) is 0 Å². The van der Waals surface area contributed by atoms with Crippen molar-refractivity contribution in [2.45, 2.75) is 12.1 Å². The number of primary amides is 1. The van der Waals surface area contributed by atoms with Crippen LogP contribution in [0, 0.1) is 0 Å². The molecular formula is C12H16ClN3O2. The average molecular weight is 270 g/mol. The number of benzene rings is 1. The fraction of sp³-hybridized carbons (Fsp3) is 0.417. The molecule has 1 amide bonds. The highest BCUT2D eigenvalue weighted by Crippen LogP contribution is 2.22. The number of halogens is 1. The Balaban J connectivity index is 2.10. The fourth-order valence-corrected chi connectivity index (χ4v) is 2.34. The second-order valence-corrected chi connectivity index (χ2v) is 4.65. The van der Waals surface area contributed by atoms with Gasteiger partial charge in [-0.3, -0.25) is 4.79 Å². The number of nitrogens with one attached hydrogen (secondary N) is 2. The summed E-state index contributed by atoms with van der Waals surface area (Å²) in [5.74, 6) is -0.524. The first-order valence-electron chi connectivity index (χ1n) is 5.71. The molecule has 18 heavy (non-hydrogen) atoms. The number of hydrogen-bond acceptors (Lipinski definition) is 4. The van der Waals surface area contributed by atoms with E-state index in [1.54, 1.807) is 25.3 Å². The van der Waals surface area contributed by atoms with E-state index in [9.17, 15) is 4.79 Å². The Morgan fingerprint density at radius 2 is 2.33 bits per heavy atom. The van der Waals surface area contributed by atoms with Crippen LogP contribution in [0.25, 0.3) is 0 Å². The van der Waals surface area contributed by atoms with E-state index in [2.05, 4.69) is 10.6 Å². The number of carbonyl (C=O) groups is 1. The lowest BCUT2D eigenvalue weighted by molar-refractivity contribution is 0.100. The smallest absolute Gasteiger partial charge is 0.250 e. The number of methoxy groups -OCH3 is 1. The van der Waals surface area contributed by atoms with Gasteiger partial charge in [-0.15, -0.1) is 0 Å². The van der Waals surface area contributed by atoms with Crippen LogP contribution in [0.2, 0.25) is 5.02 Å². The maximum Gasteiger partial charge on any atom is 0.250 e. The molecular weight excluding hydrogens is 254 g/mol. The van der Waals surface area contributed by atoms with Gasteiger partial charge in [0.25, 0.3) is 0 Å². The van der Waals surface area contributed by atoms with Gasteiger partial charge in [0, 0.05) is 25.9 Å². The minimum absolute atomic E-state index is 0.125. The van der Waals surface area contributed by atoms with Crippen LogP contribution in [0.1, 0.15) is 10.4 Å². The maximum absolute atomic E-state index is 11.1. The Bertz CT molecular complexity index is 453. The minimum atomic E-state index is -0.524. The van der Waals surface area contributed by atoms with Gasteiger partial charge in [0.15, 0.2) is 0 Å². The number of hydrogen-bond donors (Lipinski definition) is 3. The highest BCUT2D eigenvalue weighted by atomic mass is 35.5. The molecule has 98 valence electrons. The van der Waals surface area contributed by atoms with Gasteiger partial charge < -0.3 is 21.1 Å². The number of amides is 1. The molecule has 1 unspecified atom stereocenters. The molecule has 2 atom stereocenters. The first kappa shape index (κ1) is 13.1. The van der Waals surface area contributed by atoms with Gasteiger partial charge in [0.05, 0.1) is 22.7 Å². The topological polar surface area (TPSA) is 76.4 Å². The third kappa shape index (κ3) is 2.75. The van der Waals surface area contributed by atoms with Crippen LogP contribution in [-0.2, 0) is 4.74 Å². The van der Waals surface area contributed by atoms with Crippen LogP contribution < -0.4 is 16.4 Å². The SMILES string of the molecule is CO[C@H]1CNCC1Nc1ccc(C(N)=O)c(Cl)c1. The summed E-state index contributed by atoms with van der Waals surface area (Å²) < 4.78 is 5.36. The molecule has 1 heterocycles. The first-order chi connectivity index (χ1) is 8.61. The lowest BCUT2D eigenvalue weighted by atomic mass is 10.1. The van der Waals surface area contributed by atoms with Gasteiger partial charge >= 0.3 is 0 Å². The van der Waals surface area contributed by atoms with Gasteiger partial charge in [-0.25, -0.2) is 0 Å². The Morgan fingerprint density at radius 3 is 2.94 bits per heavy atom. The lowest BCUT2D eigenvalue weighted by Crippen LogP contribution is -2.33. The summed E-state index contributed by atoms with van der Waals surface area (Å²) in [6, 6.07) is 5.30. The maximum atomic E-state index is 11.1. The predicted molar refractivity (Wildman–Crippen MR) is 71.0 cm³/mol. The first-order valence-corrected chi connectivity index (χ1v) is 6.09. The molecule has 0 saturated carbocycles. The summed E-state index contributed by atoms with van der Waals surface area (Å²) in [7, 11) is 1.69. The van der Waals surface area contributed by atoms with Gasteiger partial charge in [-0.05, 0) is 18.2 Å². The van der Waals surface area contributed by atoms with Gasteiger partial charge in [-0.2, -0.15) is 0 Å². The molecule has 6 heteroatoms. The van der Waals surface area contributed by atoms with Gasteiger partial charge in [-0.1, -0.05) is 11.6 Å². The largest absolute Gasteiger partial charge is 0.378 e. The van der Waals surface area contributed by atoms with Crippen molar-refractivity contribution in [3.8, 4) is 0 Å². The Hall–Kier alpha value is -1.30. The molecule has 4 N–H and O–H groups in total. The van der Waals surface area contributed by atoms with Gasteiger partial charge in [0.1, 0.15) is 0 Å². The second-order valence-electron chi connectivity index (χ2n) is 4.24. The third-order valence-corrected chi connectivity index (χ3v) is 3.36. The van der Waals surface area contributed by atoms with Crippen molar-refractivity contribution in [1.29, 1.82) is 0 Å². The van der Waals surface area contributed by atoms with Crippen LogP contribution in [0.3, 0.4) is 0 Å². The van der Waals surface area contributed by atoms with Crippen LogP contribution >= 0.6 is 11.6 Å². The molecule has 1 aliphatic rings. The minimum Gasteiger partial charge on any atom is -0.378 e. The van der Waals surface area contributed by atoms with Gasteiger partial charge in [0.2, 0.25) is 5.91 Å². The van der Waals surface area contributed by atoms with E-state index in [0.717, 1.165) is 18.8 Å². The van der Waals surface area contributed by atoms with Crippen molar-refractivity contribution >= 4 is 23.2 Å². The zero-order valence-electron chi connectivity index (χ0n) is 10.1. The molecule has 1 aliphatic heterocycles. The molecule has 1 aromatic rings. The fourth-order valence-electron chi connectivity index (χ4n) is 2.07. The summed E-state index contributed by atoms with van der Waals surface area (Å²) in [5.41, 5.74) is 6.37. The third-order valence-electron chi connectivity index (χ3n) is 3.05. The molecule has 0 bridgehead atoms. The lowest BCUT2D eigenvalue weighted by Gasteiger charge is -2.20. The van der Waals surface area contributed by atoms with E-state index in [-0.39, 0.29) is 12.1 Å². The predicted octanol–water partition coefficient (Wildman–Crippen LogP) is 0.838. The zero-order valence-corrected chi connectivity index (χ0v) is 10.8. The van der Waals surface area contributed by atoms with E-state index < -0.39 is 5.91 Å². The monoisotopic (exact) mass is 269 g/mol. The molecule has 1 fully saturated rings. The van der Waals surface area contributed by atoms with Crippen molar-refractivity contribution in [1.82, 2.24) is 5.32 Å². The Morgan fingerprint density at radius 1 is 1.56 bits per heavy atom. The molecule has 0 aliphatic carbocycles. The van der Waals surface area contributed by atoms with E-state index in [4.69, 9.17) is 22.1 Å². The van der Waals surface area contributed by atoms with Crippen LogP contribution in [-0.4, -0.2) is 38.3 Å². The highest BCUT2D eigenvalue weighted by molar-refractivity contribution is 6.34. The number of ether oxygens (including phenoxy) is 1. The van der Waals surface area contributed by atoms with E-state index in [0.29, 0.717) is 10.6 Å². The average Bonchev–Trinajstić information content (AvgIpc) is 2.76. The van der Waals surface area contributed by atoms with E-state index in [1.807, 2.05) is 0 Å². The van der Waals surface area contributed by atoms with Crippen molar-refractivity contribution in [2.75, 3.05) is 25.5 Å². The summed E-state index contributed by atoms with van der Waals surface area (Å²) in [6.45, 7) is 1.65. The second kappa shape index (κ2) is 5.56. The molecule has 2 rings (SSSR count). The summed E-state index contributed by atoms with van der Waals surface area (Å²) in [6.07, 6.45) is 0.125. The van der Waals surface area contributed by atoms with Crippen LogP contribution in [0.4, 0.5) is 5.69 Å². The van der Waals surface area contributed by atoms with Crippen molar-refractivity contribution < 1.29 is 9.53 Å². The molecule has 0 spiro atoms. The normalized spacial score (nSPS) is 23.0. The quantitative estimate of drug-likeness (QED) is 0.757. The Kier molecular flexibility index (Phi) is 4.06. The summed E-state index contributed by atoms with van der Waals surface area (Å²) in [5, 5.41) is 6.92. The van der Waals surface area contributed by atoms with Crippen LogP contribution in [0.15, 0.2) is 18.2 Å². The molecule has 1 saturated heterocycles. The molecule has 5 nitrogen and oxygen atoms in total. The van der Waals surface area contributed by atoms with Crippen LogP contribution in [0.5, 0.6) is 0 Å². The van der Waals surface area contributed by atoms with Crippen molar-refractivity contribution in [2.24, 2.45) is 5.73 Å². The summed E-state index contributed by atoms with van der Waals surface area (Å²) >= 11 is 5.99. The Labute approximate surface area is 111 Å². The number of rotatable bonds is 4. The number of anilines is 1.